The molecule has 0 radical (unpaired) electrons. The molecule has 0 heterocycles. The second-order valence-corrected chi connectivity index (χ2v) is 3.96. The van der Waals surface area contributed by atoms with E-state index in [4.69, 9.17) is 15.3 Å². The first-order valence-electron chi connectivity index (χ1n) is 5.24. The Bertz CT molecular complexity index is 438. The van der Waals surface area contributed by atoms with Crippen LogP contribution in [0.3, 0.4) is 0 Å². The van der Waals surface area contributed by atoms with Gasteiger partial charge in [0, 0.05) is 0 Å². The molecule has 0 aromatic heterocycles. The zero-order valence-electron chi connectivity index (χ0n) is 9.53. The molecule has 0 saturated heterocycles. The molecule has 0 saturated carbocycles. The molecule has 16 heavy (non-hydrogen) atoms. The zero-order chi connectivity index (χ0) is 12.0. The Morgan fingerprint density at radius 3 is 2.44 bits per heavy atom. The number of hydrogen-bond donors (Lipinski definition) is 0. The normalized spacial score (nSPS) is 9.56. The molecular weight excluding hydrogens is 200 g/mol. The monoisotopic (exact) mass is 214 g/mol. The molecule has 0 fully saturated rings. The van der Waals surface area contributed by atoms with Crippen molar-refractivity contribution in [3.63, 3.8) is 0 Å². The van der Waals surface area contributed by atoms with Crippen LogP contribution < -0.4 is 4.74 Å². The van der Waals surface area contributed by atoms with E-state index in [0.717, 1.165) is 6.42 Å². The topological polar surface area (TPSA) is 56.8 Å². The van der Waals surface area contributed by atoms with Gasteiger partial charge in [0.05, 0.1) is 17.7 Å². The van der Waals surface area contributed by atoms with E-state index in [9.17, 15) is 0 Å². The molecule has 0 bridgehead atoms. The van der Waals surface area contributed by atoms with Crippen LogP contribution in [0.5, 0.6) is 5.75 Å². The highest BCUT2D eigenvalue weighted by Gasteiger charge is 2.03. The number of nitriles is 2. The molecular formula is C13H14N2O. The van der Waals surface area contributed by atoms with E-state index in [0.29, 0.717) is 29.4 Å². The Labute approximate surface area is 95.9 Å². The Balaban J connectivity index is 2.70. The molecule has 0 amide bonds. The molecule has 0 N–H and O–H groups in total. The predicted molar refractivity (Wildman–Crippen MR) is 60.8 cm³/mol. The lowest BCUT2D eigenvalue weighted by Crippen LogP contribution is -2.01. The van der Waals surface area contributed by atoms with Gasteiger partial charge in [-0.3, -0.25) is 0 Å². The molecule has 0 aliphatic heterocycles. The maximum atomic E-state index is 8.83. The highest BCUT2D eigenvalue weighted by Crippen LogP contribution is 2.17. The van der Waals surface area contributed by atoms with E-state index in [-0.39, 0.29) is 0 Å². The van der Waals surface area contributed by atoms with Crippen LogP contribution in [0.2, 0.25) is 0 Å². The molecule has 1 aromatic carbocycles. The lowest BCUT2D eigenvalue weighted by molar-refractivity contribution is 0.289. The van der Waals surface area contributed by atoms with E-state index >= 15 is 0 Å². The van der Waals surface area contributed by atoms with Crippen LogP contribution in [0, 0.1) is 28.6 Å². The highest BCUT2D eigenvalue weighted by molar-refractivity contribution is 5.49. The summed E-state index contributed by atoms with van der Waals surface area (Å²) in [7, 11) is 0. The number of ether oxygens (including phenoxy) is 1. The van der Waals surface area contributed by atoms with Gasteiger partial charge in [-0.15, -0.1) is 0 Å². The van der Waals surface area contributed by atoms with Crippen molar-refractivity contribution < 1.29 is 4.74 Å². The summed E-state index contributed by atoms with van der Waals surface area (Å²) in [4.78, 5) is 0. The van der Waals surface area contributed by atoms with E-state index in [1.54, 1.807) is 18.2 Å². The number of rotatable bonds is 4. The van der Waals surface area contributed by atoms with Gasteiger partial charge in [0.2, 0.25) is 0 Å². The first kappa shape index (κ1) is 12.1. The van der Waals surface area contributed by atoms with Gasteiger partial charge in [-0.25, -0.2) is 0 Å². The fourth-order valence-electron chi connectivity index (χ4n) is 1.22. The van der Waals surface area contributed by atoms with Crippen LogP contribution >= 0.6 is 0 Å². The Hall–Kier alpha value is -2.00. The fraction of sp³-hybridized carbons (Fsp3) is 0.385. The quantitative estimate of drug-likeness (QED) is 0.774. The van der Waals surface area contributed by atoms with E-state index < -0.39 is 0 Å². The standard InChI is InChI=1S/C13H14N2O/c1-10(2)5-6-16-13-4-3-11(8-14)12(7-13)9-15/h3-4,7,10H,5-6H2,1-2H3. The molecule has 1 rings (SSSR count). The van der Waals surface area contributed by atoms with Crippen molar-refractivity contribution in [1.82, 2.24) is 0 Å². The smallest absolute Gasteiger partial charge is 0.120 e. The summed E-state index contributed by atoms with van der Waals surface area (Å²) in [6.07, 6.45) is 0.974. The van der Waals surface area contributed by atoms with Crippen molar-refractivity contribution in [3.05, 3.63) is 29.3 Å². The second-order valence-electron chi connectivity index (χ2n) is 3.96. The molecule has 0 spiro atoms. The minimum Gasteiger partial charge on any atom is -0.494 e. The highest BCUT2D eigenvalue weighted by atomic mass is 16.5. The van der Waals surface area contributed by atoms with Gasteiger partial charge in [0.15, 0.2) is 0 Å². The summed E-state index contributed by atoms with van der Waals surface area (Å²) in [5.41, 5.74) is 0.753. The third kappa shape index (κ3) is 3.29. The van der Waals surface area contributed by atoms with Gasteiger partial charge >= 0.3 is 0 Å². The number of nitrogens with zero attached hydrogens (tertiary/aromatic N) is 2. The Morgan fingerprint density at radius 2 is 1.88 bits per heavy atom. The average molecular weight is 214 g/mol. The molecule has 0 aliphatic rings. The fourth-order valence-corrected chi connectivity index (χ4v) is 1.22. The molecule has 82 valence electrons. The lowest BCUT2D eigenvalue weighted by atomic mass is 10.1. The predicted octanol–water partition coefficient (Wildman–Crippen LogP) is 2.85. The van der Waals surface area contributed by atoms with E-state index in [1.807, 2.05) is 12.1 Å². The summed E-state index contributed by atoms with van der Waals surface area (Å²) < 4.78 is 5.50. The van der Waals surface area contributed by atoms with Crippen molar-refractivity contribution in [2.45, 2.75) is 20.3 Å². The third-order valence-corrected chi connectivity index (χ3v) is 2.20. The minimum atomic E-state index is 0.365. The summed E-state index contributed by atoms with van der Waals surface area (Å²) in [5, 5.41) is 17.6. The van der Waals surface area contributed by atoms with Crippen LogP contribution in [-0.2, 0) is 0 Å². The van der Waals surface area contributed by atoms with Crippen molar-refractivity contribution in [2.24, 2.45) is 5.92 Å². The molecule has 0 atom stereocenters. The van der Waals surface area contributed by atoms with Gasteiger partial charge in [-0.1, -0.05) is 13.8 Å². The minimum absolute atomic E-state index is 0.365. The third-order valence-electron chi connectivity index (χ3n) is 2.20. The van der Waals surface area contributed by atoms with Crippen LogP contribution in [0.4, 0.5) is 0 Å². The molecule has 0 aliphatic carbocycles. The van der Waals surface area contributed by atoms with Crippen LogP contribution in [0.15, 0.2) is 18.2 Å². The van der Waals surface area contributed by atoms with Gasteiger partial charge in [-0.2, -0.15) is 10.5 Å². The Morgan fingerprint density at radius 1 is 1.19 bits per heavy atom. The van der Waals surface area contributed by atoms with Crippen molar-refractivity contribution >= 4 is 0 Å². The van der Waals surface area contributed by atoms with E-state index in [2.05, 4.69) is 13.8 Å². The van der Waals surface area contributed by atoms with Crippen molar-refractivity contribution in [2.75, 3.05) is 6.61 Å². The maximum absolute atomic E-state index is 8.83. The molecule has 3 heteroatoms. The zero-order valence-corrected chi connectivity index (χ0v) is 9.53. The molecule has 0 unspecified atom stereocenters. The molecule has 1 aromatic rings. The maximum Gasteiger partial charge on any atom is 0.120 e. The summed E-state index contributed by atoms with van der Waals surface area (Å²) in [5.74, 6) is 1.24. The van der Waals surface area contributed by atoms with E-state index in [1.165, 1.54) is 0 Å². The Kier molecular flexibility index (Phi) is 4.36. The van der Waals surface area contributed by atoms with Crippen molar-refractivity contribution in [3.8, 4) is 17.9 Å². The van der Waals surface area contributed by atoms with Crippen LogP contribution in [0.1, 0.15) is 31.4 Å². The second kappa shape index (κ2) is 5.78. The molecule has 3 nitrogen and oxygen atoms in total. The van der Waals surface area contributed by atoms with Crippen molar-refractivity contribution in [1.29, 1.82) is 10.5 Å². The summed E-state index contributed by atoms with van der Waals surface area (Å²) >= 11 is 0. The number of hydrogen-bond acceptors (Lipinski definition) is 3. The first-order valence-corrected chi connectivity index (χ1v) is 5.24. The van der Waals surface area contributed by atoms with Crippen LogP contribution in [0.25, 0.3) is 0 Å². The summed E-state index contributed by atoms with van der Waals surface area (Å²) in [6, 6.07) is 8.90. The first-order chi connectivity index (χ1) is 7.67. The average Bonchev–Trinajstić information content (AvgIpc) is 2.28. The van der Waals surface area contributed by atoms with Gasteiger partial charge in [-0.05, 0) is 30.5 Å². The van der Waals surface area contributed by atoms with Gasteiger partial charge in [0.1, 0.15) is 17.9 Å². The lowest BCUT2D eigenvalue weighted by Gasteiger charge is -2.08. The van der Waals surface area contributed by atoms with Crippen LogP contribution in [-0.4, -0.2) is 6.61 Å². The largest absolute Gasteiger partial charge is 0.494 e. The number of benzene rings is 1. The van der Waals surface area contributed by atoms with Gasteiger partial charge in [0.25, 0.3) is 0 Å². The SMILES string of the molecule is CC(C)CCOc1ccc(C#N)c(C#N)c1. The van der Waals surface area contributed by atoms with Gasteiger partial charge < -0.3 is 4.74 Å². The summed E-state index contributed by atoms with van der Waals surface area (Å²) in [6.45, 7) is 4.89.